The first-order valence-electron chi connectivity index (χ1n) is 6.72. The third kappa shape index (κ3) is 3.64. The van der Waals surface area contributed by atoms with Crippen LogP contribution in [0.1, 0.15) is 44.7 Å². The Morgan fingerprint density at radius 1 is 1.17 bits per heavy atom. The lowest BCUT2D eigenvalue weighted by Gasteiger charge is -2.21. The van der Waals surface area contributed by atoms with Crippen molar-refractivity contribution in [2.75, 3.05) is 20.8 Å². The van der Waals surface area contributed by atoms with Gasteiger partial charge in [0, 0.05) is 11.6 Å². The first-order valence-corrected chi connectivity index (χ1v) is 6.72. The molecule has 18 heavy (non-hydrogen) atoms. The summed E-state index contributed by atoms with van der Waals surface area (Å²) >= 11 is 0. The van der Waals surface area contributed by atoms with Crippen LogP contribution in [0, 0.1) is 0 Å². The van der Waals surface area contributed by atoms with Crippen molar-refractivity contribution >= 4 is 0 Å². The van der Waals surface area contributed by atoms with Crippen molar-refractivity contribution in [2.24, 2.45) is 0 Å². The van der Waals surface area contributed by atoms with Crippen LogP contribution in [-0.2, 0) is 0 Å². The monoisotopic (exact) mass is 251 g/mol. The van der Waals surface area contributed by atoms with Gasteiger partial charge in [-0.25, -0.2) is 0 Å². The van der Waals surface area contributed by atoms with E-state index in [4.69, 9.17) is 9.47 Å². The number of hydrogen-bond donors (Lipinski definition) is 1. The summed E-state index contributed by atoms with van der Waals surface area (Å²) in [5, 5.41) is 3.58. The number of para-hydroxylation sites is 1. The van der Waals surface area contributed by atoms with Gasteiger partial charge in [-0.3, -0.25) is 0 Å². The van der Waals surface area contributed by atoms with Crippen LogP contribution in [0.4, 0.5) is 0 Å². The minimum absolute atomic E-state index is 0.321. The zero-order chi connectivity index (χ0) is 13.4. The second kappa shape index (κ2) is 7.98. The number of rotatable bonds is 8. The zero-order valence-corrected chi connectivity index (χ0v) is 12.0. The lowest BCUT2D eigenvalue weighted by Crippen LogP contribution is -2.22. The number of ether oxygens (including phenoxy) is 2. The van der Waals surface area contributed by atoms with Crippen LogP contribution in [0.5, 0.6) is 11.5 Å². The molecule has 0 spiro atoms. The van der Waals surface area contributed by atoms with Crippen LogP contribution in [0.25, 0.3) is 0 Å². The molecule has 0 heterocycles. The standard InChI is InChI=1S/C15H25NO2/c1-5-7-11-16-13(6-2)12-9-8-10-14(17-3)15(12)18-4/h8-10,13,16H,5-7,11H2,1-4H3/t13-/m1/s1. The van der Waals surface area contributed by atoms with E-state index in [1.54, 1.807) is 14.2 Å². The van der Waals surface area contributed by atoms with Crippen molar-refractivity contribution in [3.05, 3.63) is 23.8 Å². The molecule has 3 nitrogen and oxygen atoms in total. The summed E-state index contributed by atoms with van der Waals surface area (Å²) in [6.07, 6.45) is 3.44. The van der Waals surface area contributed by atoms with Crippen LogP contribution in [0.2, 0.25) is 0 Å². The van der Waals surface area contributed by atoms with Gasteiger partial charge in [0.25, 0.3) is 0 Å². The molecule has 1 rings (SSSR count). The van der Waals surface area contributed by atoms with Crippen molar-refractivity contribution in [2.45, 2.75) is 39.2 Å². The number of hydrogen-bond acceptors (Lipinski definition) is 3. The highest BCUT2D eigenvalue weighted by molar-refractivity contribution is 5.48. The molecule has 0 radical (unpaired) electrons. The minimum atomic E-state index is 0.321. The Morgan fingerprint density at radius 2 is 1.94 bits per heavy atom. The average molecular weight is 251 g/mol. The summed E-state index contributed by atoms with van der Waals surface area (Å²) in [5.41, 5.74) is 1.18. The molecule has 3 heteroatoms. The maximum absolute atomic E-state index is 5.49. The molecule has 0 bridgehead atoms. The van der Waals surface area contributed by atoms with Gasteiger partial charge in [0.15, 0.2) is 11.5 Å². The summed E-state index contributed by atoms with van der Waals surface area (Å²) in [7, 11) is 3.37. The summed E-state index contributed by atoms with van der Waals surface area (Å²) in [5.74, 6) is 1.64. The third-order valence-electron chi connectivity index (χ3n) is 3.14. The number of nitrogens with one attached hydrogen (secondary N) is 1. The Kier molecular flexibility index (Phi) is 6.58. The second-order valence-corrected chi connectivity index (χ2v) is 4.35. The molecule has 102 valence electrons. The summed E-state index contributed by atoms with van der Waals surface area (Å²) in [4.78, 5) is 0. The predicted molar refractivity (Wildman–Crippen MR) is 75.5 cm³/mol. The number of benzene rings is 1. The van der Waals surface area contributed by atoms with Gasteiger partial charge in [-0.05, 0) is 25.5 Å². The average Bonchev–Trinajstić information content (AvgIpc) is 2.42. The maximum Gasteiger partial charge on any atom is 0.165 e. The summed E-state index contributed by atoms with van der Waals surface area (Å²) in [6.45, 7) is 5.42. The van der Waals surface area contributed by atoms with Crippen LogP contribution < -0.4 is 14.8 Å². The van der Waals surface area contributed by atoms with Gasteiger partial charge in [-0.15, -0.1) is 0 Å². The molecule has 0 aliphatic heterocycles. The lowest BCUT2D eigenvalue weighted by molar-refractivity contribution is 0.345. The molecule has 1 aromatic carbocycles. The molecule has 0 saturated carbocycles. The van der Waals surface area contributed by atoms with E-state index in [1.807, 2.05) is 12.1 Å². The van der Waals surface area contributed by atoms with E-state index < -0.39 is 0 Å². The molecule has 0 saturated heterocycles. The molecule has 0 amide bonds. The van der Waals surface area contributed by atoms with Gasteiger partial charge in [-0.1, -0.05) is 32.4 Å². The van der Waals surface area contributed by atoms with E-state index in [9.17, 15) is 0 Å². The van der Waals surface area contributed by atoms with Crippen molar-refractivity contribution in [1.82, 2.24) is 5.32 Å². The Hall–Kier alpha value is -1.22. The van der Waals surface area contributed by atoms with Crippen molar-refractivity contribution < 1.29 is 9.47 Å². The van der Waals surface area contributed by atoms with Crippen LogP contribution in [0.3, 0.4) is 0 Å². The highest BCUT2D eigenvalue weighted by Crippen LogP contribution is 2.35. The molecule has 0 aliphatic carbocycles. The summed E-state index contributed by atoms with van der Waals surface area (Å²) in [6, 6.07) is 6.37. The molecule has 0 unspecified atom stereocenters. The van der Waals surface area contributed by atoms with Crippen LogP contribution in [-0.4, -0.2) is 20.8 Å². The molecular weight excluding hydrogens is 226 g/mol. The largest absolute Gasteiger partial charge is 0.493 e. The number of methoxy groups -OCH3 is 2. The van der Waals surface area contributed by atoms with Gasteiger partial charge in [0.2, 0.25) is 0 Å². The Balaban J connectivity index is 2.90. The van der Waals surface area contributed by atoms with Crippen molar-refractivity contribution in [1.29, 1.82) is 0 Å². The Morgan fingerprint density at radius 3 is 2.50 bits per heavy atom. The molecule has 0 aliphatic rings. The van der Waals surface area contributed by atoms with Crippen molar-refractivity contribution in [3.63, 3.8) is 0 Å². The van der Waals surface area contributed by atoms with Crippen LogP contribution >= 0.6 is 0 Å². The van der Waals surface area contributed by atoms with Gasteiger partial charge in [0.05, 0.1) is 14.2 Å². The quantitative estimate of drug-likeness (QED) is 0.717. The van der Waals surface area contributed by atoms with Gasteiger partial charge >= 0.3 is 0 Å². The zero-order valence-electron chi connectivity index (χ0n) is 12.0. The molecule has 0 aromatic heterocycles. The highest BCUT2D eigenvalue weighted by atomic mass is 16.5. The van der Waals surface area contributed by atoms with E-state index in [0.29, 0.717) is 6.04 Å². The highest BCUT2D eigenvalue weighted by Gasteiger charge is 2.16. The predicted octanol–water partition coefficient (Wildman–Crippen LogP) is 3.54. The van der Waals surface area contributed by atoms with Gasteiger partial charge in [-0.2, -0.15) is 0 Å². The van der Waals surface area contributed by atoms with Crippen LogP contribution in [0.15, 0.2) is 18.2 Å². The molecule has 1 N–H and O–H groups in total. The third-order valence-corrected chi connectivity index (χ3v) is 3.14. The fourth-order valence-electron chi connectivity index (χ4n) is 2.11. The van der Waals surface area contributed by atoms with E-state index in [-0.39, 0.29) is 0 Å². The maximum atomic E-state index is 5.49. The smallest absolute Gasteiger partial charge is 0.165 e. The van der Waals surface area contributed by atoms with Crippen molar-refractivity contribution in [3.8, 4) is 11.5 Å². The fraction of sp³-hybridized carbons (Fsp3) is 0.600. The summed E-state index contributed by atoms with van der Waals surface area (Å²) < 4.78 is 10.8. The molecular formula is C15H25NO2. The second-order valence-electron chi connectivity index (χ2n) is 4.35. The van der Waals surface area contributed by atoms with E-state index in [2.05, 4.69) is 25.2 Å². The fourth-order valence-corrected chi connectivity index (χ4v) is 2.11. The molecule has 0 fully saturated rings. The first-order chi connectivity index (χ1) is 8.78. The lowest BCUT2D eigenvalue weighted by atomic mass is 10.0. The molecule has 1 atom stereocenters. The Labute approximate surface area is 110 Å². The minimum Gasteiger partial charge on any atom is -0.493 e. The van der Waals surface area contributed by atoms with E-state index in [1.165, 1.54) is 18.4 Å². The first kappa shape index (κ1) is 14.8. The SMILES string of the molecule is CCCCN[C@H](CC)c1cccc(OC)c1OC. The topological polar surface area (TPSA) is 30.5 Å². The molecule has 1 aromatic rings. The van der Waals surface area contributed by atoms with Gasteiger partial charge in [0.1, 0.15) is 0 Å². The Bertz CT molecular complexity index is 352. The number of unbranched alkanes of at least 4 members (excludes halogenated alkanes) is 1. The van der Waals surface area contributed by atoms with E-state index >= 15 is 0 Å². The normalized spacial score (nSPS) is 12.2. The van der Waals surface area contributed by atoms with E-state index in [0.717, 1.165) is 24.5 Å². The van der Waals surface area contributed by atoms with Gasteiger partial charge < -0.3 is 14.8 Å².